The summed E-state index contributed by atoms with van der Waals surface area (Å²) in [6.07, 6.45) is 0. The van der Waals surface area contributed by atoms with Gasteiger partial charge in [0.15, 0.2) is 5.75 Å². The van der Waals surface area contributed by atoms with E-state index in [9.17, 15) is 10.2 Å². The van der Waals surface area contributed by atoms with Gasteiger partial charge in [-0.1, -0.05) is 46.4 Å². The lowest BCUT2D eigenvalue weighted by molar-refractivity contribution is 0.475. The second-order valence-electron chi connectivity index (χ2n) is 3.55. The summed E-state index contributed by atoms with van der Waals surface area (Å²) in [4.78, 5) is 0. The molecule has 0 aliphatic carbocycles. The zero-order valence-electron chi connectivity index (χ0n) is 8.72. The van der Waals surface area contributed by atoms with E-state index in [4.69, 9.17) is 46.4 Å². The van der Waals surface area contributed by atoms with Crippen molar-refractivity contribution < 1.29 is 10.2 Å². The average molecular weight is 324 g/mol. The van der Waals surface area contributed by atoms with Gasteiger partial charge in [0.2, 0.25) is 0 Å². The molecule has 0 amide bonds. The van der Waals surface area contributed by atoms with Crippen molar-refractivity contribution in [1.82, 2.24) is 0 Å². The molecule has 18 heavy (non-hydrogen) atoms. The normalized spacial score (nSPS) is 10.7. The highest BCUT2D eigenvalue weighted by molar-refractivity contribution is 6.44. The summed E-state index contributed by atoms with van der Waals surface area (Å²) >= 11 is 23.5. The minimum atomic E-state index is -0.192. The fourth-order valence-corrected chi connectivity index (χ4v) is 2.40. The molecule has 2 aromatic carbocycles. The Bertz CT molecular complexity index is 603. The van der Waals surface area contributed by atoms with E-state index in [1.165, 1.54) is 18.2 Å². The van der Waals surface area contributed by atoms with Gasteiger partial charge in [0.05, 0.1) is 15.1 Å². The zero-order valence-corrected chi connectivity index (χ0v) is 11.7. The van der Waals surface area contributed by atoms with Crippen LogP contribution in [0, 0.1) is 0 Å². The van der Waals surface area contributed by atoms with E-state index in [0.29, 0.717) is 11.1 Å². The van der Waals surface area contributed by atoms with Crippen LogP contribution >= 0.6 is 46.4 Å². The summed E-state index contributed by atoms with van der Waals surface area (Å²) in [6, 6.07) is 6.02. The van der Waals surface area contributed by atoms with Crippen LogP contribution in [0.2, 0.25) is 20.1 Å². The SMILES string of the molecule is Oc1ccc(-c2cc(Cl)c(O)c(Cl)c2)c(Cl)c1Cl. The summed E-state index contributed by atoms with van der Waals surface area (Å²) in [5.74, 6) is -0.301. The van der Waals surface area contributed by atoms with Gasteiger partial charge in [-0.2, -0.15) is 0 Å². The highest BCUT2D eigenvalue weighted by Crippen LogP contribution is 2.42. The number of phenols is 2. The Morgan fingerprint density at radius 1 is 0.778 bits per heavy atom. The first-order valence-electron chi connectivity index (χ1n) is 4.77. The molecule has 0 heterocycles. The number of phenolic OH excluding ortho intramolecular Hbond substituents is 2. The van der Waals surface area contributed by atoms with Crippen LogP contribution in [0.5, 0.6) is 11.5 Å². The van der Waals surface area contributed by atoms with E-state index in [2.05, 4.69) is 0 Å². The predicted molar refractivity (Wildman–Crippen MR) is 75.2 cm³/mol. The highest BCUT2D eigenvalue weighted by atomic mass is 35.5. The molecule has 0 aromatic heterocycles. The first-order chi connectivity index (χ1) is 8.41. The Labute approximate surface area is 123 Å². The quantitative estimate of drug-likeness (QED) is 0.739. The van der Waals surface area contributed by atoms with Gasteiger partial charge in [-0.3, -0.25) is 0 Å². The van der Waals surface area contributed by atoms with Crippen LogP contribution in [0.25, 0.3) is 11.1 Å². The molecular weight excluding hydrogens is 318 g/mol. The smallest absolute Gasteiger partial charge is 0.152 e. The molecule has 0 bridgehead atoms. The molecule has 0 unspecified atom stereocenters. The minimum absolute atomic E-state index is 0.0505. The van der Waals surface area contributed by atoms with Crippen LogP contribution in [-0.4, -0.2) is 10.2 Å². The summed E-state index contributed by atoms with van der Waals surface area (Å²) in [5, 5.41) is 19.4. The fourth-order valence-electron chi connectivity index (χ4n) is 1.48. The summed E-state index contributed by atoms with van der Waals surface area (Å²) in [5.41, 5.74) is 1.15. The molecular formula is C12H6Cl4O2. The minimum Gasteiger partial charge on any atom is -0.506 e. The molecule has 2 rings (SSSR count). The van der Waals surface area contributed by atoms with Gasteiger partial charge >= 0.3 is 0 Å². The monoisotopic (exact) mass is 322 g/mol. The predicted octanol–water partition coefficient (Wildman–Crippen LogP) is 5.38. The lowest BCUT2D eigenvalue weighted by Crippen LogP contribution is -1.83. The maximum absolute atomic E-state index is 9.48. The van der Waals surface area contributed by atoms with E-state index in [-0.39, 0.29) is 31.6 Å². The lowest BCUT2D eigenvalue weighted by Gasteiger charge is -2.09. The van der Waals surface area contributed by atoms with Crippen LogP contribution < -0.4 is 0 Å². The number of aromatic hydroxyl groups is 2. The number of benzene rings is 2. The van der Waals surface area contributed by atoms with Gasteiger partial charge in [-0.05, 0) is 29.8 Å². The zero-order chi connectivity index (χ0) is 13.4. The maximum atomic E-state index is 9.48. The first-order valence-corrected chi connectivity index (χ1v) is 6.28. The summed E-state index contributed by atoms with van der Waals surface area (Å²) in [6.45, 7) is 0. The van der Waals surface area contributed by atoms with Crippen molar-refractivity contribution in [3.05, 3.63) is 44.4 Å². The molecule has 0 atom stereocenters. The van der Waals surface area contributed by atoms with Crippen LogP contribution in [0.4, 0.5) is 0 Å². The van der Waals surface area contributed by atoms with Crippen molar-refractivity contribution in [2.24, 2.45) is 0 Å². The Hall–Kier alpha value is -0.800. The Balaban J connectivity index is 2.67. The Morgan fingerprint density at radius 3 is 1.89 bits per heavy atom. The van der Waals surface area contributed by atoms with E-state index >= 15 is 0 Å². The number of rotatable bonds is 1. The third-order valence-electron chi connectivity index (χ3n) is 2.39. The van der Waals surface area contributed by atoms with Crippen LogP contribution in [0.3, 0.4) is 0 Å². The molecule has 94 valence electrons. The number of hydrogen-bond acceptors (Lipinski definition) is 2. The van der Waals surface area contributed by atoms with Crippen molar-refractivity contribution in [1.29, 1.82) is 0 Å². The third-order valence-corrected chi connectivity index (χ3v) is 3.84. The molecule has 0 aliphatic heterocycles. The van der Waals surface area contributed by atoms with E-state index in [0.717, 1.165) is 0 Å². The molecule has 2 nitrogen and oxygen atoms in total. The lowest BCUT2D eigenvalue weighted by atomic mass is 10.1. The fraction of sp³-hybridized carbons (Fsp3) is 0. The van der Waals surface area contributed by atoms with Gasteiger partial charge in [0, 0.05) is 5.56 Å². The van der Waals surface area contributed by atoms with E-state index in [1.54, 1.807) is 6.07 Å². The molecule has 0 saturated heterocycles. The number of hydrogen-bond donors (Lipinski definition) is 2. The number of halogens is 4. The van der Waals surface area contributed by atoms with Crippen LogP contribution in [-0.2, 0) is 0 Å². The van der Waals surface area contributed by atoms with E-state index < -0.39 is 0 Å². The Morgan fingerprint density at radius 2 is 1.33 bits per heavy atom. The first kappa shape index (κ1) is 13.6. The highest BCUT2D eigenvalue weighted by Gasteiger charge is 2.14. The molecule has 0 saturated carbocycles. The van der Waals surface area contributed by atoms with Crippen molar-refractivity contribution in [2.75, 3.05) is 0 Å². The van der Waals surface area contributed by atoms with Gasteiger partial charge in [0.25, 0.3) is 0 Å². The van der Waals surface area contributed by atoms with Crippen LogP contribution in [0.1, 0.15) is 0 Å². The average Bonchev–Trinajstić information content (AvgIpc) is 2.33. The van der Waals surface area contributed by atoms with Gasteiger partial charge in [0.1, 0.15) is 10.8 Å². The third kappa shape index (κ3) is 2.34. The Kier molecular flexibility index (Phi) is 3.83. The molecule has 0 spiro atoms. The molecule has 6 heteroatoms. The van der Waals surface area contributed by atoms with E-state index in [1.807, 2.05) is 0 Å². The molecule has 2 N–H and O–H groups in total. The molecule has 2 aromatic rings. The maximum Gasteiger partial charge on any atom is 0.152 e. The second-order valence-corrected chi connectivity index (χ2v) is 5.12. The van der Waals surface area contributed by atoms with Gasteiger partial charge in [-0.15, -0.1) is 0 Å². The molecule has 0 fully saturated rings. The van der Waals surface area contributed by atoms with Gasteiger partial charge < -0.3 is 10.2 Å². The second kappa shape index (κ2) is 5.06. The molecule has 0 radical (unpaired) electrons. The summed E-state index contributed by atoms with van der Waals surface area (Å²) < 4.78 is 0. The molecule has 0 aliphatic rings. The van der Waals surface area contributed by atoms with Crippen LogP contribution in [0.15, 0.2) is 24.3 Å². The standard InChI is InChI=1S/C12H6Cl4O2/c13-7-3-5(4-8(14)12(7)18)6-1-2-9(17)11(16)10(6)15/h1-4,17-18H. The van der Waals surface area contributed by atoms with Crippen molar-refractivity contribution in [2.45, 2.75) is 0 Å². The summed E-state index contributed by atoms with van der Waals surface area (Å²) in [7, 11) is 0. The van der Waals surface area contributed by atoms with Crippen molar-refractivity contribution in [3.63, 3.8) is 0 Å². The van der Waals surface area contributed by atoms with Crippen molar-refractivity contribution in [3.8, 4) is 22.6 Å². The largest absolute Gasteiger partial charge is 0.506 e. The van der Waals surface area contributed by atoms with Gasteiger partial charge in [-0.25, -0.2) is 0 Å². The topological polar surface area (TPSA) is 40.5 Å². The van der Waals surface area contributed by atoms with Crippen molar-refractivity contribution >= 4 is 46.4 Å².